The lowest BCUT2D eigenvalue weighted by Gasteiger charge is -2.19. The average molecular weight is 247 g/mol. The molecular formula is C13H13NO4. The van der Waals surface area contributed by atoms with E-state index >= 15 is 0 Å². The summed E-state index contributed by atoms with van der Waals surface area (Å²) in [7, 11) is 0. The Balaban J connectivity index is 2.19. The molecule has 0 aliphatic carbocycles. The van der Waals surface area contributed by atoms with Gasteiger partial charge in [0.2, 0.25) is 0 Å². The quantitative estimate of drug-likeness (QED) is 0.491. The van der Waals surface area contributed by atoms with Gasteiger partial charge in [0.15, 0.2) is 5.75 Å². The summed E-state index contributed by atoms with van der Waals surface area (Å²) in [5.74, 6) is -0.741. The van der Waals surface area contributed by atoms with E-state index < -0.39 is 11.9 Å². The lowest BCUT2D eigenvalue weighted by atomic mass is 10.2. The van der Waals surface area contributed by atoms with Crippen molar-refractivity contribution < 1.29 is 19.1 Å². The molecule has 0 aromatic heterocycles. The molecule has 0 fully saturated rings. The predicted molar refractivity (Wildman–Crippen MR) is 65.0 cm³/mol. The van der Waals surface area contributed by atoms with Gasteiger partial charge in [0.25, 0.3) is 0 Å². The van der Waals surface area contributed by atoms with Crippen molar-refractivity contribution in [2.75, 3.05) is 5.32 Å². The Morgan fingerprint density at radius 3 is 2.83 bits per heavy atom. The number of anilines is 1. The van der Waals surface area contributed by atoms with E-state index in [4.69, 9.17) is 9.47 Å². The van der Waals surface area contributed by atoms with Gasteiger partial charge in [-0.25, -0.2) is 9.59 Å². The monoisotopic (exact) mass is 247 g/mol. The number of fused-ring (bicyclic) bond motifs is 1. The third-order valence-corrected chi connectivity index (χ3v) is 2.19. The van der Waals surface area contributed by atoms with E-state index in [1.54, 1.807) is 38.1 Å². The zero-order chi connectivity index (χ0) is 13.1. The predicted octanol–water partition coefficient (Wildman–Crippen LogP) is 1.85. The number of nitrogens with one attached hydrogen (secondary N) is 1. The second-order valence-corrected chi connectivity index (χ2v) is 4.05. The Bertz CT molecular complexity index is 519. The minimum atomic E-state index is -0.602. The minimum Gasteiger partial charge on any atom is -0.460 e. The number of carbonyl (C=O) groups is 2. The fourth-order valence-electron chi connectivity index (χ4n) is 1.49. The second kappa shape index (κ2) is 4.91. The Morgan fingerprint density at radius 1 is 1.39 bits per heavy atom. The van der Waals surface area contributed by atoms with Gasteiger partial charge in [-0.05, 0) is 26.0 Å². The van der Waals surface area contributed by atoms with E-state index in [1.807, 2.05) is 0 Å². The van der Waals surface area contributed by atoms with Crippen molar-refractivity contribution >= 4 is 17.6 Å². The number of para-hydroxylation sites is 2. The second-order valence-electron chi connectivity index (χ2n) is 4.05. The Morgan fingerprint density at radius 2 is 2.11 bits per heavy atom. The van der Waals surface area contributed by atoms with Crippen molar-refractivity contribution in [3.63, 3.8) is 0 Å². The smallest absolute Gasteiger partial charge is 0.360 e. The van der Waals surface area contributed by atoms with Crippen LogP contribution in [0.2, 0.25) is 0 Å². The fourth-order valence-corrected chi connectivity index (χ4v) is 1.49. The van der Waals surface area contributed by atoms with Gasteiger partial charge in [-0.2, -0.15) is 0 Å². The van der Waals surface area contributed by atoms with Crippen LogP contribution in [0.4, 0.5) is 5.69 Å². The number of rotatable bonds is 2. The zero-order valence-corrected chi connectivity index (χ0v) is 10.1. The number of benzene rings is 1. The van der Waals surface area contributed by atoms with E-state index in [1.165, 1.54) is 0 Å². The molecule has 0 bridgehead atoms. The lowest BCUT2D eigenvalue weighted by Crippen LogP contribution is -2.24. The third kappa shape index (κ3) is 2.68. The molecule has 0 saturated carbocycles. The van der Waals surface area contributed by atoms with Crippen LogP contribution in [0.3, 0.4) is 0 Å². The third-order valence-electron chi connectivity index (χ3n) is 2.19. The van der Waals surface area contributed by atoms with Gasteiger partial charge >= 0.3 is 11.9 Å². The molecule has 1 aliphatic rings. The largest absolute Gasteiger partial charge is 0.460 e. The molecule has 94 valence electrons. The molecule has 0 amide bonds. The molecule has 1 aliphatic heterocycles. The van der Waals surface area contributed by atoms with Crippen molar-refractivity contribution in [1.82, 2.24) is 0 Å². The Kier molecular flexibility index (Phi) is 3.32. The van der Waals surface area contributed by atoms with Crippen LogP contribution in [0.15, 0.2) is 36.0 Å². The first-order chi connectivity index (χ1) is 8.56. The van der Waals surface area contributed by atoms with Crippen LogP contribution in [0.25, 0.3) is 0 Å². The average Bonchev–Trinajstić information content (AvgIpc) is 2.29. The zero-order valence-electron chi connectivity index (χ0n) is 10.1. The first-order valence-corrected chi connectivity index (χ1v) is 5.57. The maximum atomic E-state index is 11.6. The Labute approximate surface area is 104 Å². The highest BCUT2D eigenvalue weighted by molar-refractivity contribution is 6.02. The van der Waals surface area contributed by atoms with Crippen molar-refractivity contribution in [2.24, 2.45) is 0 Å². The molecule has 5 heteroatoms. The molecule has 1 aromatic rings. The van der Waals surface area contributed by atoms with Gasteiger partial charge in [-0.15, -0.1) is 0 Å². The molecule has 1 aromatic carbocycles. The van der Waals surface area contributed by atoms with Crippen molar-refractivity contribution in [1.29, 1.82) is 0 Å². The van der Waals surface area contributed by atoms with Crippen LogP contribution in [-0.4, -0.2) is 18.0 Å². The van der Waals surface area contributed by atoms with Crippen LogP contribution >= 0.6 is 0 Å². The summed E-state index contributed by atoms with van der Waals surface area (Å²) < 4.78 is 10.00. The Hall–Kier alpha value is -2.30. The summed E-state index contributed by atoms with van der Waals surface area (Å²) in [5, 5.41) is 2.84. The normalized spacial score (nSPS) is 15.9. The topological polar surface area (TPSA) is 64.6 Å². The lowest BCUT2D eigenvalue weighted by molar-refractivity contribution is -0.142. The van der Waals surface area contributed by atoms with Crippen LogP contribution in [0, 0.1) is 0 Å². The van der Waals surface area contributed by atoms with E-state index in [-0.39, 0.29) is 11.8 Å². The highest BCUT2D eigenvalue weighted by Crippen LogP contribution is 2.29. The van der Waals surface area contributed by atoms with Crippen molar-refractivity contribution in [2.45, 2.75) is 20.0 Å². The summed E-state index contributed by atoms with van der Waals surface area (Å²) in [5.41, 5.74) is 0.708. The van der Waals surface area contributed by atoms with Gasteiger partial charge in [0.1, 0.15) is 5.70 Å². The molecule has 5 nitrogen and oxygen atoms in total. The maximum Gasteiger partial charge on any atom is 0.360 e. The van der Waals surface area contributed by atoms with Gasteiger partial charge < -0.3 is 14.8 Å². The molecule has 0 radical (unpaired) electrons. The number of esters is 2. The minimum absolute atomic E-state index is 0.0688. The summed E-state index contributed by atoms with van der Waals surface area (Å²) >= 11 is 0. The molecule has 2 rings (SSSR count). The number of hydrogen-bond acceptors (Lipinski definition) is 5. The first-order valence-electron chi connectivity index (χ1n) is 5.57. The van der Waals surface area contributed by atoms with Gasteiger partial charge in [0.05, 0.1) is 17.9 Å². The fraction of sp³-hybridized carbons (Fsp3) is 0.231. The molecule has 0 unspecified atom stereocenters. The standard InChI is InChI=1S/C13H13NO4/c1-8(2)17-12(15)7-10-13(16)18-11-6-4-3-5-9(11)14-10/h3-8,14H,1-2H3/b10-7-. The van der Waals surface area contributed by atoms with E-state index in [2.05, 4.69) is 5.32 Å². The summed E-state index contributed by atoms with van der Waals surface area (Å²) in [6, 6.07) is 6.98. The summed E-state index contributed by atoms with van der Waals surface area (Å²) in [4.78, 5) is 23.1. The van der Waals surface area contributed by atoms with E-state index in [0.29, 0.717) is 11.4 Å². The molecule has 1 heterocycles. The molecule has 0 saturated heterocycles. The highest BCUT2D eigenvalue weighted by Gasteiger charge is 2.22. The molecule has 1 N–H and O–H groups in total. The first kappa shape index (κ1) is 12.2. The van der Waals surface area contributed by atoms with E-state index in [9.17, 15) is 9.59 Å². The van der Waals surface area contributed by atoms with Gasteiger partial charge in [-0.1, -0.05) is 12.1 Å². The SMILES string of the molecule is CC(C)OC(=O)/C=C1\Nc2ccccc2OC1=O. The summed E-state index contributed by atoms with van der Waals surface area (Å²) in [6.45, 7) is 3.47. The number of hydrogen-bond donors (Lipinski definition) is 1. The van der Waals surface area contributed by atoms with Crippen molar-refractivity contribution in [3.05, 3.63) is 36.0 Å². The molecular weight excluding hydrogens is 234 g/mol. The van der Waals surface area contributed by atoms with Crippen LogP contribution < -0.4 is 10.1 Å². The van der Waals surface area contributed by atoms with Crippen molar-refractivity contribution in [3.8, 4) is 5.75 Å². The number of ether oxygens (including phenoxy) is 2. The van der Waals surface area contributed by atoms with Gasteiger partial charge in [-0.3, -0.25) is 0 Å². The molecule has 0 spiro atoms. The van der Waals surface area contributed by atoms with E-state index in [0.717, 1.165) is 6.08 Å². The molecule has 18 heavy (non-hydrogen) atoms. The highest BCUT2D eigenvalue weighted by atomic mass is 16.5. The van der Waals surface area contributed by atoms with Crippen LogP contribution in [0.5, 0.6) is 5.75 Å². The van der Waals surface area contributed by atoms with Gasteiger partial charge in [0, 0.05) is 0 Å². The maximum absolute atomic E-state index is 11.6. The summed E-state index contributed by atoms with van der Waals surface area (Å²) in [6.07, 6.45) is 0.861. The number of carbonyl (C=O) groups excluding carboxylic acids is 2. The van der Waals surface area contributed by atoms with Crippen LogP contribution in [0.1, 0.15) is 13.8 Å². The van der Waals surface area contributed by atoms with Crippen LogP contribution in [-0.2, 0) is 14.3 Å². The molecule has 0 atom stereocenters.